The van der Waals surface area contributed by atoms with Gasteiger partial charge >= 0.3 is 0 Å². The Hall–Kier alpha value is 0.170. The van der Waals surface area contributed by atoms with Crippen LogP contribution in [0.5, 0.6) is 0 Å². The van der Waals surface area contributed by atoms with Crippen molar-refractivity contribution in [2.75, 3.05) is 0 Å². The van der Waals surface area contributed by atoms with Gasteiger partial charge in [0.25, 0.3) is 0 Å². The number of aromatic nitrogens is 1. The molecule has 0 saturated carbocycles. The Morgan fingerprint density at radius 3 is 2.91 bits per heavy atom. The minimum Gasteiger partial charge on any atom is -0.257 e. The lowest BCUT2D eigenvalue weighted by atomic mass is 10.3. The van der Waals surface area contributed by atoms with Crippen LogP contribution in [0.25, 0.3) is 0 Å². The van der Waals surface area contributed by atoms with E-state index in [-0.39, 0.29) is 0 Å². The average Bonchev–Trinajstić information content (AvgIpc) is 1.95. The quantitative estimate of drug-likeness (QED) is 0.823. The van der Waals surface area contributed by atoms with Gasteiger partial charge in [0, 0.05) is 10.7 Å². The van der Waals surface area contributed by atoms with Crippen LogP contribution in [0.1, 0.15) is 5.69 Å². The van der Waals surface area contributed by atoms with E-state index in [0.29, 0.717) is 11.6 Å². The first-order chi connectivity index (χ1) is 5.24. The van der Waals surface area contributed by atoms with Gasteiger partial charge in [-0.25, -0.2) is 4.84 Å². The third kappa shape index (κ3) is 2.60. The van der Waals surface area contributed by atoms with Gasteiger partial charge in [0.05, 0.1) is 17.3 Å². The minimum atomic E-state index is 0.513. The van der Waals surface area contributed by atoms with E-state index < -0.39 is 0 Å². The molecule has 0 aliphatic carbocycles. The van der Waals surface area contributed by atoms with E-state index in [1.807, 2.05) is 0 Å². The number of pyridine rings is 1. The molecule has 1 N–H and O–H groups in total. The van der Waals surface area contributed by atoms with Crippen molar-refractivity contribution in [3.05, 3.63) is 27.5 Å². The summed E-state index contributed by atoms with van der Waals surface area (Å²) in [6.45, 7) is 0.513. The molecule has 60 valence electrons. The van der Waals surface area contributed by atoms with Crippen LogP contribution < -0.4 is 4.84 Å². The lowest BCUT2D eigenvalue weighted by molar-refractivity contribution is 0.904. The van der Waals surface area contributed by atoms with Gasteiger partial charge in [0.1, 0.15) is 0 Å². The predicted octanol–water partition coefficient (Wildman–Crippen LogP) is 2.74. The number of hydrogen-bond acceptors (Lipinski definition) is 2. The van der Waals surface area contributed by atoms with Crippen LogP contribution in [-0.2, 0) is 6.54 Å². The van der Waals surface area contributed by atoms with Crippen LogP contribution in [0.15, 0.2) is 16.7 Å². The van der Waals surface area contributed by atoms with Crippen molar-refractivity contribution >= 4 is 39.3 Å². The van der Waals surface area contributed by atoms with Crippen LogP contribution in [0.2, 0.25) is 5.02 Å². The molecular formula is C6H5BrCl2N2. The Bertz CT molecular complexity index is 254. The van der Waals surface area contributed by atoms with Crippen molar-refractivity contribution < 1.29 is 0 Å². The summed E-state index contributed by atoms with van der Waals surface area (Å²) in [6.07, 6.45) is 1.58. The summed E-state index contributed by atoms with van der Waals surface area (Å²) in [4.78, 5) is 6.52. The fourth-order valence-corrected chi connectivity index (χ4v) is 1.54. The highest BCUT2D eigenvalue weighted by molar-refractivity contribution is 9.10. The van der Waals surface area contributed by atoms with Crippen LogP contribution >= 0.6 is 39.3 Å². The van der Waals surface area contributed by atoms with E-state index >= 15 is 0 Å². The molecule has 0 bridgehead atoms. The molecule has 1 rings (SSSR count). The van der Waals surface area contributed by atoms with E-state index in [0.717, 1.165) is 10.2 Å². The number of hydrogen-bond donors (Lipinski definition) is 1. The first-order valence-corrected chi connectivity index (χ1v) is 4.42. The summed E-state index contributed by atoms with van der Waals surface area (Å²) in [7, 11) is 0. The molecule has 1 heterocycles. The van der Waals surface area contributed by atoms with E-state index in [4.69, 9.17) is 23.4 Å². The van der Waals surface area contributed by atoms with Gasteiger partial charge in [0.15, 0.2) is 0 Å². The average molecular weight is 256 g/mol. The Morgan fingerprint density at radius 2 is 2.36 bits per heavy atom. The van der Waals surface area contributed by atoms with Gasteiger partial charge in [-0.05, 0) is 33.8 Å². The minimum absolute atomic E-state index is 0.513. The van der Waals surface area contributed by atoms with Gasteiger partial charge in [-0.2, -0.15) is 0 Å². The molecule has 0 saturated heterocycles. The van der Waals surface area contributed by atoms with Crippen LogP contribution in [-0.4, -0.2) is 4.98 Å². The number of nitrogens with one attached hydrogen (secondary N) is 1. The summed E-state index contributed by atoms with van der Waals surface area (Å²) in [5.41, 5.74) is 0.837. The van der Waals surface area contributed by atoms with Gasteiger partial charge < -0.3 is 0 Å². The van der Waals surface area contributed by atoms with Crippen molar-refractivity contribution in [3.63, 3.8) is 0 Å². The molecule has 0 aliphatic rings. The number of halogens is 3. The molecule has 0 unspecified atom stereocenters. The first kappa shape index (κ1) is 9.26. The fraction of sp³-hybridized carbons (Fsp3) is 0.167. The van der Waals surface area contributed by atoms with Crippen molar-refractivity contribution in [2.45, 2.75) is 6.54 Å². The highest BCUT2D eigenvalue weighted by atomic mass is 79.9. The van der Waals surface area contributed by atoms with Crippen LogP contribution in [0, 0.1) is 0 Å². The van der Waals surface area contributed by atoms with Gasteiger partial charge in [-0.3, -0.25) is 4.98 Å². The molecule has 2 nitrogen and oxygen atoms in total. The highest BCUT2D eigenvalue weighted by Gasteiger charge is 2.00. The molecule has 0 spiro atoms. The maximum Gasteiger partial charge on any atom is 0.0697 e. The number of nitrogens with zero attached hydrogens (tertiary/aromatic N) is 1. The molecule has 11 heavy (non-hydrogen) atoms. The summed E-state index contributed by atoms with van der Waals surface area (Å²) in [6, 6.07) is 1.78. The molecule has 1 aromatic rings. The Morgan fingerprint density at radius 1 is 1.64 bits per heavy atom. The van der Waals surface area contributed by atoms with Crippen molar-refractivity contribution in [2.24, 2.45) is 0 Å². The smallest absolute Gasteiger partial charge is 0.0697 e. The molecule has 0 radical (unpaired) electrons. The molecule has 0 aromatic carbocycles. The molecule has 0 aliphatic heterocycles. The Labute approximate surface area is 83.2 Å². The fourth-order valence-electron chi connectivity index (χ4n) is 0.636. The molecule has 0 atom stereocenters. The lowest BCUT2D eigenvalue weighted by Crippen LogP contribution is -2.01. The summed E-state index contributed by atoms with van der Waals surface area (Å²) in [5.74, 6) is 0. The predicted molar refractivity (Wildman–Crippen MR) is 49.6 cm³/mol. The molecular weight excluding hydrogens is 251 g/mol. The van der Waals surface area contributed by atoms with Crippen LogP contribution in [0.4, 0.5) is 0 Å². The molecule has 1 aromatic heterocycles. The topological polar surface area (TPSA) is 24.9 Å². The van der Waals surface area contributed by atoms with E-state index in [9.17, 15) is 0 Å². The molecule has 0 fully saturated rings. The normalized spacial score (nSPS) is 10.1. The highest BCUT2D eigenvalue weighted by Crippen LogP contribution is 2.18. The third-order valence-corrected chi connectivity index (χ3v) is 2.15. The van der Waals surface area contributed by atoms with Gasteiger partial charge in [0.2, 0.25) is 0 Å². The maximum absolute atomic E-state index is 5.67. The first-order valence-electron chi connectivity index (χ1n) is 2.87. The van der Waals surface area contributed by atoms with Crippen molar-refractivity contribution in [3.8, 4) is 0 Å². The Balaban J connectivity index is 2.90. The largest absolute Gasteiger partial charge is 0.257 e. The summed E-state index contributed by atoms with van der Waals surface area (Å²) < 4.78 is 0.859. The second-order valence-corrected chi connectivity index (χ2v) is 3.45. The molecule has 0 amide bonds. The van der Waals surface area contributed by atoms with E-state index in [1.54, 1.807) is 12.3 Å². The molecule has 5 heteroatoms. The monoisotopic (exact) mass is 254 g/mol. The number of rotatable bonds is 2. The van der Waals surface area contributed by atoms with Crippen molar-refractivity contribution in [1.29, 1.82) is 0 Å². The zero-order valence-electron chi connectivity index (χ0n) is 5.44. The Kier molecular flexibility index (Phi) is 3.59. The third-order valence-electron chi connectivity index (χ3n) is 1.12. The van der Waals surface area contributed by atoms with Crippen LogP contribution in [0.3, 0.4) is 0 Å². The second kappa shape index (κ2) is 4.26. The van der Waals surface area contributed by atoms with E-state index in [2.05, 4.69) is 25.7 Å². The van der Waals surface area contributed by atoms with E-state index in [1.165, 1.54) is 0 Å². The SMILES string of the molecule is ClNCc1ncc(Cl)cc1Br. The summed E-state index contributed by atoms with van der Waals surface area (Å²) in [5, 5.41) is 0.607. The zero-order chi connectivity index (χ0) is 8.27. The lowest BCUT2D eigenvalue weighted by Gasteiger charge is -2.00. The van der Waals surface area contributed by atoms with Crippen molar-refractivity contribution in [1.82, 2.24) is 9.82 Å². The van der Waals surface area contributed by atoms with Gasteiger partial charge in [-0.1, -0.05) is 11.6 Å². The maximum atomic E-state index is 5.67. The second-order valence-electron chi connectivity index (χ2n) is 1.89. The zero-order valence-corrected chi connectivity index (χ0v) is 8.54. The summed E-state index contributed by atoms with van der Waals surface area (Å²) >= 11 is 14.3. The van der Waals surface area contributed by atoms with Gasteiger partial charge in [-0.15, -0.1) is 0 Å². The standard InChI is InChI=1S/C6H5BrCl2N2/c7-5-1-4(8)2-10-6(5)3-11-9/h1-2,11H,3H2.